The zero-order valence-electron chi connectivity index (χ0n) is 12.9. The molecule has 1 aliphatic rings. The SMILES string of the molecule is CC(NCC(O)CN1CCCC1)c1ccc2[nH]c(=O)[nH]c2c1. The highest BCUT2D eigenvalue weighted by Gasteiger charge is 2.16. The van der Waals surface area contributed by atoms with E-state index in [1.165, 1.54) is 12.8 Å². The highest BCUT2D eigenvalue weighted by Crippen LogP contribution is 2.17. The van der Waals surface area contributed by atoms with Crippen molar-refractivity contribution in [1.29, 1.82) is 0 Å². The van der Waals surface area contributed by atoms with Gasteiger partial charge in [-0.05, 0) is 50.6 Å². The van der Waals surface area contributed by atoms with Crippen LogP contribution < -0.4 is 11.0 Å². The first-order valence-electron chi connectivity index (χ1n) is 7.97. The standard InChI is InChI=1S/C16H24N4O2/c1-11(17-9-13(21)10-20-6-2-3-7-20)12-4-5-14-15(8-12)19-16(22)18-14/h4-5,8,11,13,17,21H,2-3,6-7,9-10H2,1H3,(H2,18,19,22). The summed E-state index contributed by atoms with van der Waals surface area (Å²) in [6.45, 7) is 5.58. The largest absolute Gasteiger partial charge is 0.390 e. The fourth-order valence-corrected chi connectivity index (χ4v) is 3.08. The number of H-pyrrole nitrogens is 2. The van der Waals surface area contributed by atoms with Crippen molar-refractivity contribution in [3.8, 4) is 0 Å². The molecule has 6 heteroatoms. The van der Waals surface area contributed by atoms with Crippen molar-refractivity contribution in [3.63, 3.8) is 0 Å². The molecule has 1 saturated heterocycles. The van der Waals surface area contributed by atoms with Gasteiger partial charge in [-0.15, -0.1) is 0 Å². The van der Waals surface area contributed by atoms with E-state index in [1.807, 2.05) is 18.2 Å². The maximum Gasteiger partial charge on any atom is 0.323 e. The number of rotatable bonds is 6. The summed E-state index contributed by atoms with van der Waals surface area (Å²) in [5.41, 5.74) is 2.54. The number of aliphatic hydroxyl groups is 1. The summed E-state index contributed by atoms with van der Waals surface area (Å²) in [7, 11) is 0. The maximum absolute atomic E-state index is 11.3. The lowest BCUT2D eigenvalue weighted by Gasteiger charge is -2.22. The van der Waals surface area contributed by atoms with Crippen LogP contribution in [0.15, 0.2) is 23.0 Å². The molecule has 0 spiro atoms. The lowest BCUT2D eigenvalue weighted by atomic mass is 10.1. The van der Waals surface area contributed by atoms with Gasteiger partial charge in [-0.2, -0.15) is 0 Å². The van der Waals surface area contributed by atoms with Crippen LogP contribution in [-0.2, 0) is 0 Å². The Hall–Kier alpha value is -1.63. The third-order valence-corrected chi connectivity index (χ3v) is 4.37. The first kappa shape index (κ1) is 15.3. The minimum atomic E-state index is -0.351. The Balaban J connectivity index is 1.55. The fourth-order valence-electron chi connectivity index (χ4n) is 3.08. The molecule has 1 fully saturated rings. The Morgan fingerprint density at radius 1 is 1.27 bits per heavy atom. The summed E-state index contributed by atoms with van der Waals surface area (Å²) in [6, 6.07) is 5.99. The molecule has 2 unspecified atom stereocenters. The molecule has 6 nitrogen and oxygen atoms in total. The number of fused-ring (bicyclic) bond motifs is 1. The molecule has 120 valence electrons. The molecule has 0 radical (unpaired) electrons. The predicted octanol–water partition coefficient (Wildman–Crippen LogP) is 0.963. The van der Waals surface area contributed by atoms with Crippen molar-refractivity contribution in [1.82, 2.24) is 20.2 Å². The number of benzene rings is 1. The summed E-state index contributed by atoms with van der Waals surface area (Å²) in [4.78, 5) is 19.1. The molecule has 22 heavy (non-hydrogen) atoms. The lowest BCUT2D eigenvalue weighted by molar-refractivity contribution is 0.121. The maximum atomic E-state index is 11.3. The van der Waals surface area contributed by atoms with Crippen molar-refractivity contribution in [2.45, 2.75) is 31.9 Å². The molecule has 0 amide bonds. The van der Waals surface area contributed by atoms with Gasteiger partial charge in [0, 0.05) is 19.1 Å². The third-order valence-electron chi connectivity index (χ3n) is 4.37. The number of hydrogen-bond acceptors (Lipinski definition) is 4. The highest BCUT2D eigenvalue weighted by atomic mass is 16.3. The van der Waals surface area contributed by atoms with Crippen LogP contribution in [0.25, 0.3) is 11.0 Å². The molecule has 0 aliphatic carbocycles. The van der Waals surface area contributed by atoms with Crippen molar-refractivity contribution in [3.05, 3.63) is 34.2 Å². The number of imidazole rings is 1. The van der Waals surface area contributed by atoms with Crippen LogP contribution in [0, 0.1) is 0 Å². The number of hydrogen-bond donors (Lipinski definition) is 4. The number of nitrogens with one attached hydrogen (secondary N) is 3. The van der Waals surface area contributed by atoms with Gasteiger partial charge in [0.05, 0.1) is 17.1 Å². The molecule has 1 aliphatic heterocycles. The summed E-state index contributed by atoms with van der Waals surface area (Å²) in [5.74, 6) is 0. The molecule has 4 N–H and O–H groups in total. The second-order valence-corrected chi connectivity index (χ2v) is 6.18. The normalized spacial score (nSPS) is 18.8. The van der Waals surface area contributed by atoms with E-state index in [0.717, 1.165) is 36.2 Å². The number of nitrogens with zero attached hydrogens (tertiary/aromatic N) is 1. The summed E-state index contributed by atoms with van der Waals surface area (Å²) < 4.78 is 0. The number of likely N-dealkylation sites (tertiary alicyclic amines) is 1. The van der Waals surface area contributed by atoms with E-state index in [1.54, 1.807) is 0 Å². The van der Waals surface area contributed by atoms with Gasteiger partial charge in [-0.3, -0.25) is 0 Å². The Morgan fingerprint density at radius 2 is 2.00 bits per heavy atom. The third kappa shape index (κ3) is 3.58. The van der Waals surface area contributed by atoms with Crippen molar-refractivity contribution in [2.75, 3.05) is 26.2 Å². The molecule has 0 saturated carbocycles. The first-order valence-corrected chi connectivity index (χ1v) is 7.97. The second kappa shape index (κ2) is 6.64. The number of aromatic nitrogens is 2. The number of β-amino-alcohol motifs (C(OH)–C–C–N with tert-alkyl or cyclic N) is 1. The lowest BCUT2D eigenvalue weighted by Crippen LogP contribution is -2.37. The topological polar surface area (TPSA) is 84.2 Å². The summed E-state index contributed by atoms with van der Waals surface area (Å²) in [5, 5.41) is 13.5. The molecular weight excluding hydrogens is 280 g/mol. The Kier molecular flexibility index (Phi) is 4.61. The van der Waals surface area contributed by atoms with E-state index in [-0.39, 0.29) is 17.8 Å². The van der Waals surface area contributed by atoms with E-state index in [0.29, 0.717) is 6.54 Å². The van der Waals surface area contributed by atoms with Gasteiger partial charge in [0.2, 0.25) is 0 Å². The summed E-state index contributed by atoms with van der Waals surface area (Å²) >= 11 is 0. The van der Waals surface area contributed by atoms with E-state index in [2.05, 4.69) is 27.1 Å². The van der Waals surface area contributed by atoms with Crippen molar-refractivity contribution < 1.29 is 5.11 Å². The Bertz CT molecular complexity index is 672. The number of aromatic amines is 2. The van der Waals surface area contributed by atoms with Gasteiger partial charge < -0.3 is 25.3 Å². The molecule has 1 aromatic heterocycles. The van der Waals surface area contributed by atoms with Gasteiger partial charge >= 0.3 is 5.69 Å². The van der Waals surface area contributed by atoms with Crippen molar-refractivity contribution in [2.24, 2.45) is 0 Å². The zero-order chi connectivity index (χ0) is 15.5. The minimum Gasteiger partial charge on any atom is -0.390 e. The van der Waals surface area contributed by atoms with E-state index in [9.17, 15) is 9.90 Å². The van der Waals surface area contributed by atoms with Gasteiger partial charge in [-0.1, -0.05) is 6.07 Å². The van der Waals surface area contributed by atoms with Crippen LogP contribution >= 0.6 is 0 Å². The van der Waals surface area contributed by atoms with Crippen LogP contribution in [0.5, 0.6) is 0 Å². The highest BCUT2D eigenvalue weighted by molar-refractivity contribution is 5.75. The summed E-state index contributed by atoms with van der Waals surface area (Å²) in [6.07, 6.45) is 2.13. The second-order valence-electron chi connectivity index (χ2n) is 6.18. The Labute approximate surface area is 129 Å². The van der Waals surface area contributed by atoms with Crippen LogP contribution in [0.2, 0.25) is 0 Å². The van der Waals surface area contributed by atoms with E-state index < -0.39 is 0 Å². The zero-order valence-corrected chi connectivity index (χ0v) is 12.9. The van der Waals surface area contributed by atoms with Crippen LogP contribution in [0.3, 0.4) is 0 Å². The molecular formula is C16H24N4O2. The van der Waals surface area contributed by atoms with E-state index in [4.69, 9.17) is 0 Å². The van der Waals surface area contributed by atoms with Crippen molar-refractivity contribution >= 4 is 11.0 Å². The molecule has 2 heterocycles. The first-order chi connectivity index (χ1) is 10.6. The van der Waals surface area contributed by atoms with Gasteiger partial charge in [0.25, 0.3) is 0 Å². The molecule has 0 bridgehead atoms. The smallest absolute Gasteiger partial charge is 0.323 e. The molecule has 1 aromatic carbocycles. The van der Waals surface area contributed by atoms with Gasteiger partial charge in [0.1, 0.15) is 0 Å². The predicted molar refractivity (Wildman–Crippen MR) is 87.0 cm³/mol. The van der Waals surface area contributed by atoms with Crippen LogP contribution in [-0.4, -0.2) is 52.3 Å². The van der Waals surface area contributed by atoms with E-state index >= 15 is 0 Å². The van der Waals surface area contributed by atoms with Crippen LogP contribution in [0.4, 0.5) is 0 Å². The van der Waals surface area contributed by atoms with Gasteiger partial charge in [-0.25, -0.2) is 4.79 Å². The average Bonchev–Trinajstić information content (AvgIpc) is 3.12. The van der Waals surface area contributed by atoms with Crippen LogP contribution in [0.1, 0.15) is 31.4 Å². The quantitative estimate of drug-likeness (QED) is 0.640. The minimum absolute atomic E-state index is 0.121. The monoisotopic (exact) mass is 304 g/mol. The average molecular weight is 304 g/mol. The molecule has 3 rings (SSSR count). The molecule has 2 aromatic rings. The van der Waals surface area contributed by atoms with Gasteiger partial charge in [0.15, 0.2) is 0 Å². The molecule has 2 atom stereocenters. The Morgan fingerprint density at radius 3 is 2.77 bits per heavy atom. The number of aliphatic hydroxyl groups excluding tert-OH is 1. The fraction of sp³-hybridized carbons (Fsp3) is 0.562.